The Hall–Kier alpha value is -1.49. The van der Waals surface area contributed by atoms with Crippen LogP contribution in [0.25, 0.3) is 0 Å². The van der Waals surface area contributed by atoms with E-state index in [0.29, 0.717) is 11.5 Å². The number of hydrogen-bond acceptors (Lipinski definition) is 4. The molecule has 15 heavy (non-hydrogen) atoms. The first-order valence-electron chi connectivity index (χ1n) is 4.21. The highest BCUT2D eigenvalue weighted by Crippen LogP contribution is 2.22. The fourth-order valence-corrected chi connectivity index (χ4v) is 1.09. The largest absolute Gasteiger partial charge is 0.397 e. The van der Waals surface area contributed by atoms with Crippen molar-refractivity contribution in [3.05, 3.63) is 12.3 Å². The number of carbonyl (C=O) groups is 1. The van der Waals surface area contributed by atoms with Gasteiger partial charge in [0.2, 0.25) is 5.91 Å². The number of hydrogen-bond donors (Lipinski definition) is 2. The second kappa shape index (κ2) is 5.41. The Morgan fingerprint density at radius 1 is 1.53 bits per heavy atom. The predicted molar refractivity (Wildman–Crippen MR) is 64.5 cm³/mol. The maximum atomic E-state index is 10.7. The molecule has 0 aliphatic carbocycles. The van der Waals surface area contributed by atoms with Crippen LogP contribution in [-0.2, 0) is 4.79 Å². The van der Waals surface area contributed by atoms with E-state index in [1.54, 1.807) is 12.3 Å². The Morgan fingerprint density at radius 3 is 2.53 bits per heavy atom. The molecule has 0 radical (unpaired) electrons. The van der Waals surface area contributed by atoms with Gasteiger partial charge in [0.05, 0.1) is 17.6 Å². The van der Waals surface area contributed by atoms with Crippen molar-refractivity contribution in [2.75, 3.05) is 30.0 Å². The van der Waals surface area contributed by atoms with Crippen LogP contribution in [0.2, 0.25) is 0 Å². The summed E-state index contributed by atoms with van der Waals surface area (Å²) < 4.78 is 0. The number of amides is 1. The third-order valence-electron chi connectivity index (χ3n) is 1.70. The molecule has 0 aliphatic rings. The summed E-state index contributed by atoms with van der Waals surface area (Å²) in [6.07, 6.45) is 1.63. The molecule has 0 spiro atoms. The fourth-order valence-electron chi connectivity index (χ4n) is 1.09. The van der Waals surface area contributed by atoms with Crippen molar-refractivity contribution in [2.45, 2.75) is 6.92 Å². The number of pyridine rings is 1. The average molecular weight is 231 g/mol. The highest BCUT2D eigenvalue weighted by atomic mass is 35.5. The molecular formula is C9H15ClN4O. The van der Waals surface area contributed by atoms with Gasteiger partial charge in [-0.15, -0.1) is 12.4 Å². The Kier molecular flexibility index (Phi) is 4.87. The molecule has 0 bridgehead atoms. The first-order valence-corrected chi connectivity index (χ1v) is 4.21. The van der Waals surface area contributed by atoms with Crippen LogP contribution < -0.4 is 16.0 Å². The molecule has 0 atom stereocenters. The van der Waals surface area contributed by atoms with E-state index in [2.05, 4.69) is 10.3 Å². The van der Waals surface area contributed by atoms with Crippen LogP contribution >= 0.6 is 12.4 Å². The molecular weight excluding hydrogens is 216 g/mol. The molecule has 1 amide bonds. The summed E-state index contributed by atoms with van der Waals surface area (Å²) in [5.74, 6) is 0.315. The Balaban J connectivity index is 0.00000196. The SMILES string of the molecule is CC(=O)Nc1cc(N)c(N(C)C)cn1.Cl. The van der Waals surface area contributed by atoms with Gasteiger partial charge in [0.15, 0.2) is 0 Å². The van der Waals surface area contributed by atoms with Gasteiger partial charge in [0.1, 0.15) is 5.82 Å². The lowest BCUT2D eigenvalue weighted by atomic mass is 10.3. The molecule has 6 heteroatoms. The highest BCUT2D eigenvalue weighted by molar-refractivity contribution is 5.88. The molecule has 1 aromatic rings. The molecule has 0 unspecified atom stereocenters. The van der Waals surface area contributed by atoms with E-state index in [1.807, 2.05) is 19.0 Å². The summed E-state index contributed by atoms with van der Waals surface area (Å²) in [7, 11) is 3.76. The van der Waals surface area contributed by atoms with Gasteiger partial charge < -0.3 is 16.0 Å². The third-order valence-corrected chi connectivity index (χ3v) is 1.70. The number of nitrogens with one attached hydrogen (secondary N) is 1. The van der Waals surface area contributed by atoms with Gasteiger partial charge in [-0.2, -0.15) is 0 Å². The molecule has 1 rings (SSSR count). The minimum absolute atomic E-state index is 0. The molecule has 1 heterocycles. The number of nitrogens with two attached hydrogens (primary N) is 1. The van der Waals surface area contributed by atoms with Crippen LogP contribution in [-0.4, -0.2) is 25.0 Å². The fraction of sp³-hybridized carbons (Fsp3) is 0.333. The van der Waals surface area contributed by atoms with Crippen LogP contribution in [0, 0.1) is 0 Å². The summed E-state index contributed by atoms with van der Waals surface area (Å²) in [6.45, 7) is 1.43. The zero-order chi connectivity index (χ0) is 10.7. The van der Waals surface area contributed by atoms with Crippen LogP contribution in [0.3, 0.4) is 0 Å². The summed E-state index contributed by atoms with van der Waals surface area (Å²) in [6, 6.07) is 1.64. The second-order valence-electron chi connectivity index (χ2n) is 3.20. The molecule has 0 fully saturated rings. The molecule has 3 N–H and O–H groups in total. The van der Waals surface area contributed by atoms with E-state index in [1.165, 1.54) is 6.92 Å². The van der Waals surface area contributed by atoms with Crippen LogP contribution in [0.15, 0.2) is 12.3 Å². The van der Waals surface area contributed by atoms with Gasteiger partial charge in [-0.25, -0.2) is 4.98 Å². The number of rotatable bonds is 2. The average Bonchev–Trinajstić information content (AvgIpc) is 2.01. The lowest BCUT2D eigenvalue weighted by Crippen LogP contribution is -2.13. The number of nitrogens with zero attached hydrogens (tertiary/aromatic N) is 2. The number of halogens is 1. The maximum absolute atomic E-state index is 10.7. The van der Waals surface area contributed by atoms with Gasteiger partial charge >= 0.3 is 0 Å². The Labute approximate surface area is 95.1 Å². The lowest BCUT2D eigenvalue weighted by molar-refractivity contribution is -0.114. The number of carbonyl (C=O) groups excluding carboxylic acids is 1. The molecule has 0 aromatic carbocycles. The van der Waals surface area contributed by atoms with E-state index in [9.17, 15) is 4.79 Å². The smallest absolute Gasteiger partial charge is 0.222 e. The molecule has 0 saturated carbocycles. The zero-order valence-corrected chi connectivity index (χ0v) is 9.76. The second-order valence-corrected chi connectivity index (χ2v) is 3.20. The number of nitrogen functional groups attached to an aromatic ring is 1. The van der Waals surface area contributed by atoms with Crippen molar-refractivity contribution < 1.29 is 4.79 Å². The molecule has 1 aromatic heterocycles. The van der Waals surface area contributed by atoms with Crippen molar-refractivity contribution >= 4 is 35.5 Å². The van der Waals surface area contributed by atoms with Crippen molar-refractivity contribution in [1.82, 2.24) is 4.98 Å². The number of aromatic nitrogens is 1. The lowest BCUT2D eigenvalue weighted by Gasteiger charge is -2.15. The quantitative estimate of drug-likeness (QED) is 0.799. The van der Waals surface area contributed by atoms with Gasteiger partial charge in [-0.3, -0.25) is 4.79 Å². The first kappa shape index (κ1) is 13.5. The first-order chi connectivity index (χ1) is 6.50. The van der Waals surface area contributed by atoms with Crippen LogP contribution in [0.4, 0.5) is 17.2 Å². The molecule has 84 valence electrons. The topological polar surface area (TPSA) is 71.2 Å². The van der Waals surface area contributed by atoms with E-state index in [-0.39, 0.29) is 18.3 Å². The minimum Gasteiger partial charge on any atom is -0.397 e. The van der Waals surface area contributed by atoms with Crippen molar-refractivity contribution in [2.24, 2.45) is 0 Å². The Bertz CT molecular complexity index is 354. The maximum Gasteiger partial charge on any atom is 0.222 e. The predicted octanol–water partition coefficient (Wildman–Crippen LogP) is 1.11. The van der Waals surface area contributed by atoms with Gasteiger partial charge in [-0.05, 0) is 0 Å². The van der Waals surface area contributed by atoms with Gasteiger partial charge in [-0.1, -0.05) is 0 Å². The van der Waals surface area contributed by atoms with E-state index in [0.717, 1.165) is 5.69 Å². The summed E-state index contributed by atoms with van der Waals surface area (Å²) in [5, 5.41) is 2.56. The summed E-state index contributed by atoms with van der Waals surface area (Å²) in [5.41, 5.74) is 7.19. The van der Waals surface area contributed by atoms with Gasteiger partial charge in [0.25, 0.3) is 0 Å². The van der Waals surface area contributed by atoms with Crippen molar-refractivity contribution in [3.63, 3.8) is 0 Å². The standard InChI is InChI=1S/C9H14N4O.ClH/c1-6(14)12-9-4-7(10)8(5-11-9)13(2)3;/h4-5H,1-3H3,(H3,10,11,12,14);1H. The molecule has 5 nitrogen and oxygen atoms in total. The Morgan fingerprint density at radius 2 is 2.13 bits per heavy atom. The minimum atomic E-state index is -0.158. The van der Waals surface area contributed by atoms with Gasteiger partial charge in [0, 0.05) is 27.1 Å². The van der Waals surface area contributed by atoms with E-state index >= 15 is 0 Å². The summed E-state index contributed by atoms with van der Waals surface area (Å²) >= 11 is 0. The van der Waals surface area contributed by atoms with E-state index < -0.39 is 0 Å². The zero-order valence-electron chi connectivity index (χ0n) is 8.94. The molecule has 0 saturated heterocycles. The third kappa shape index (κ3) is 3.63. The highest BCUT2D eigenvalue weighted by Gasteiger charge is 2.04. The molecule has 0 aliphatic heterocycles. The van der Waals surface area contributed by atoms with Crippen LogP contribution in [0.5, 0.6) is 0 Å². The monoisotopic (exact) mass is 230 g/mol. The van der Waals surface area contributed by atoms with Crippen molar-refractivity contribution in [3.8, 4) is 0 Å². The number of anilines is 3. The summed E-state index contributed by atoms with van der Waals surface area (Å²) in [4.78, 5) is 16.6. The van der Waals surface area contributed by atoms with E-state index in [4.69, 9.17) is 5.73 Å². The van der Waals surface area contributed by atoms with Crippen LogP contribution in [0.1, 0.15) is 6.92 Å². The van der Waals surface area contributed by atoms with Crippen molar-refractivity contribution in [1.29, 1.82) is 0 Å². The normalized spacial score (nSPS) is 9.00.